The van der Waals surface area contributed by atoms with E-state index in [9.17, 15) is 4.79 Å². The van der Waals surface area contributed by atoms with Crippen LogP contribution < -0.4 is 0 Å². The minimum absolute atomic E-state index is 0.187. The van der Waals surface area contributed by atoms with Crippen molar-refractivity contribution in [3.05, 3.63) is 30.1 Å². The molecule has 0 radical (unpaired) electrons. The second-order valence-electron chi connectivity index (χ2n) is 8.48. The van der Waals surface area contributed by atoms with E-state index < -0.39 is 0 Å². The van der Waals surface area contributed by atoms with Crippen molar-refractivity contribution in [2.45, 2.75) is 19.4 Å². The van der Waals surface area contributed by atoms with Crippen molar-refractivity contribution in [2.24, 2.45) is 0 Å². The third-order valence-corrected chi connectivity index (χ3v) is 5.59. The highest BCUT2D eigenvalue weighted by Crippen LogP contribution is 2.05. The summed E-state index contributed by atoms with van der Waals surface area (Å²) in [5.41, 5.74) is 1.14. The van der Waals surface area contributed by atoms with Gasteiger partial charge in [-0.3, -0.25) is 19.6 Å². The maximum Gasteiger partial charge on any atom is 0.236 e. The van der Waals surface area contributed by atoms with Gasteiger partial charge in [-0.15, -0.1) is 0 Å². The number of pyridine rings is 1. The van der Waals surface area contributed by atoms with E-state index in [1.54, 1.807) is 4.90 Å². The molecule has 1 fully saturated rings. The molecule has 0 saturated carbocycles. The quantitative estimate of drug-likeness (QED) is 0.744. The Labute approximate surface area is 177 Å². The lowest BCUT2D eigenvalue weighted by molar-refractivity contribution is -0.130. The summed E-state index contributed by atoms with van der Waals surface area (Å²) in [4.78, 5) is 28.0. The first-order valence-corrected chi connectivity index (χ1v) is 10.9. The minimum Gasteiger partial charge on any atom is -0.348 e. The molecule has 7 nitrogen and oxygen atoms in total. The predicted molar refractivity (Wildman–Crippen MR) is 119 cm³/mol. The zero-order valence-electron chi connectivity index (χ0n) is 18.9. The highest BCUT2D eigenvalue weighted by molar-refractivity contribution is 5.77. The van der Waals surface area contributed by atoms with Crippen molar-refractivity contribution in [3.8, 4) is 0 Å². The molecule has 0 atom stereocenters. The van der Waals surface area contributed by atoms with E-state index in [0.717, 1.165) is 77.4 Å². The van der Waals surface area contributed by atoms with Crippen LogP contribution in [0.4, 0.5) is 0 Å². The topological polar surface area (TPSA) is 46.2 Å². The lowest BCUT2D eigenvalue weighted by atomic mass is 10.2. The molecule has 1 aromatic rings. The summed E-state index contributed by atoms with van der Waals surface area (Å²) in [5, 5.41) is 0. The fourth-order valence-electron chi connectivity index (χ4n) is 3.57. The molecular formula is C22H40N6O. The zero-order chi connectivity index (χ0) is 21.1. The Kier molecular flexibility index (Phi) is 10.6. The van der Waals surface area contributed by atoms with Crippen molar-refractivity contribution >= 4 is 5.91 Å². The van der Waals surface area contributed by atoms with E-state index >= 15 is 0 Å². The van der Waals surface area contributed by atoms with Gasteiger partial charge in [0.25, 0.3) is 0 Å². The zero-order valence-corrected chi connectivity index (χ0v) is 18.9. The Balaban J connectivity index is 1.91. The fraction of sp³-hybridized carbons (Fsp3) is 0.727. The van der Waals surface area contributed by atoms with E-state index in [1.807, 2.05) is 26.4 Å². The monoisotopic (exact) mass is 404 g/mol. The third-order valence-electron chi connectivity index (χ3n) is 5.59. The van der Waals surface area contributed by atoms with E-state index in [0.29, 0.717) is 6.54 Å². The lowest BCUT2D eigenvalue weighted by Crippen LogP contribution is -2.42. The average Bonchev–Trinajstić information content (AvgIpc) is 2.70. The molecular weight excluding hydrogens is 364 g/mol. The molecule has 2 heterocycles. The van der Waals surface area contributed by atoms with Gasteiger partial charge in [-0.1, -0.05) is 6.07 Å². The summed E-state index contributed by atoms with van der Waals surface area (Å²) >= 11 is 0. The maximum atomic E-state index is 12.2. The molecule has 7 heteroatoms. The first kappa shape index (κ1) is 23.7. The molecule has 0 aliphatic carbocycles. The molecule has 1 amide bonds. The molecule has 0 spiro atoms. The van der Waals surface area contributed by atoms with Gasteiger partial charge in [0, 0.05) is 53.0 Å². The summed E-state index contributed by atoms with van der Waals surface area (Å²) in [6.45, 7) is 9.66. The lowest BCUT2D eigenvalue weighted by Gasteiger charge is -2.30. The third kappa shape index (κ3) is 9.67. The summed E-state index contributed by atoms with van der Waals surface area (Å²) in [6.07, 6.45) is 4.11. The van der Waals surface area contributed by atoms with Crippen molar-refractivity contribution in [1.82, 2.24) is 29.5 Å². The molecule has 0 aromatic carbocycles. The molecule has 1 aromatic heterocycles. The van der Waals surface area contributed by atoms with Crippen LogP contribution in [0.15, 0.2) is 24.4 Å². The SMILES string of the molecule is CN1CCCN(Cc2ccccn2)CCN(C)CCCN(CC(=O)N(C)C)CC1. The van der Waals surface area contributed by atoms with Gasteiger partial charge >= 0.3 is 0 Å². The van der Waals surface area contributed by atoms with Crippen molar-refractivity contribution in [2.75, 3.05) is 87.1 Å². The second-order valence-corrected chi connectivity index (χ2v) is 8.48. The van der Waals surface area contributed by atoms with E-state index in [-0.39, 0.29) is 5.91 Å². The summed E-state index contributed by atoms with van der Waals surface area (Å²) in [6, 6.07) is 6.16. The molecule has 0 N–H and O–H groups in total. The molecule has 1 saturated heterocycles. The maximum absolute atomic E-state index is 12.2. The number of carbonyl (C=O) groups is 1. The Hall–Kier alpha value is -1.54. The summed E-state index contributed by atoms with van der Waals surface area (Å²) < 4.78 is 0. The van der Waals surface area contributed by atoms with Crippen LogP contribution in [0.5, 0.6) is 0 Å². The van der Waals surface area contributed by atoms with Crippen LogP contribution in [0.2, 0.25) is 0 Å². The van der Waals surface area contributed by atoms with Gasteiger partial charge in [-0.2, -0.15) is 0 Å². The van der Waals surface area contributed by atoms with Gasteiger partial charge in [0.05, 0.1) is 12.2 Å². The number of hydrogen-bond donors (Lipinski definition) is 0. The van der Waals surface area contributed by atoms with Crippen LogP contribution in [0.3, 0.4) is 0 Å². The van der Waals surface area contributed by atoms with E-state index in [4.69, 9.17) is 0 Å². The first-order chi connectivity index (χ1) is 13.9. The van der Waals surface area contributed by atoms with Crippen LogP contribution in [0.25, 0.3) is 0 Å². The van der Waals surface area contributed by atoms with Crippen molar-refractivity contribution < 1.29 is 4.79 Å². The van der Waals surface area contributed by atoms with Gasteiger partial charge in [-0.25, -0.2) is 0 Å². The number of likely N-dealkylation sites (N-methyl/N-ethyl adjacent to an activating group) is 3. The Morgan fingerprint density at radius 2 is 1.52 bits per heavy atom. The van der Waals surface area contributed by atoms with E-state index in [2.05, 4.69) is 50.8 Å². The molecule has 1 aliphatic rings. The normalized spacial score (nSPS) is 20.3. The van der Waals surface area contributed by atoms with Crippen LogP contribution >= 0.6 is 0 Å². The number of amides is 1. The summed E-state index contributed by atoms with van der Waals surface area (Å²) in [5.74, 6) is 0.187. The average molecular weight is 405 g/mol. The number of aromatic nitrogens is 1. The standard InChI is InChI=1S/C22H40N6O/c1-24(2)22(29)20-28-14-8-12-25(3)15-17-27(13-7-11-26(4)16-18-28)19-21-9-5-6-10-23-21/h5-6,9-10H,7-8,11-20H2,1-4H3. The van der Waals surface area contributed by atoms with Crippen LogP contribution in [-0.2, 0) is 11.3 Å². The van der Waals surface area contributed by atoms with Gasteiger partial charge in [-0.05, 0) is 65.2 Å². The summed E-state index contributed by atoms with van der Waals surface area (Å²) in [7, 11) is 8.06. The smallest absolute Gasteiger partial charge is 0.236 e. The number of rotatable bonds is 4. The number of carbonyl (C=O) groups excluding carboxylic acids is 1. The number of hydrogen-bond acceptors (Lipinski definition) is 6. The van der Waals surface area contributed by atoms with E-state index in [1.165, 1.54) is 0 Å². The molecule has 0 unspecified atom stereocenters. The Morgan fingerprint density at radius 1 is 0.897 bits per heavy atom. The van der Waals surface area contributed by atoms with Crippen molar-refractivity contribution in [3.63, 3.8) is 0 Å². The predicted octanol–water partition coefficient (Wildman–Crippen LogP) is 0.931. The van der Waals surface area contributed by atoms with Gasteiger partial charge in [0.1, 0.15) is 0 Å². The highest BCUT2D eigenvalue weighted by Gasteiger charge is 2.15. The highest BCUT2D eigenvalue weighted by atomic mass is 16.2. The number of nitrogens with zero attached hydrogens (tertiary/aromatic N) is 6. The molecule has 164 valence electrons. The second kappa shape index (κ2) is 12.9. The van der Waals surface area contributed by atoms with Crippen LogP contribution in [0.1, 0.15) is 18.5 Å². The van der Waals surface area contributed by atoms with Crippen molar-refractivity contribution in [1.29, 1.82) is 0 Å². The molecule has 2 rings (SSSR count). The molecule has 29 heavy (non-hydrogen) atoms. The fourth-order valence-corrected chi connectivity index (χ4v) is 3.57. The molecule has 1 aliphatic heterocycles. The Bertz CT molecular complexity index is 582. The van der Waals surface area contributed by atoms with Crippen LogP contribution in [-0.4, -0.2) is 122 Å². The minimum atomic E-state index is 0.187. The molecule has 0 bridgehead atoms. The van der Waals surface area contributed by atoms with Gasteiger partial charge in [0.15, 0.2) is 0 Å². The Morgan fingerprint density at radius 3 is 2.10 bits per heavy atom. The van der Waals surface area contributed by atoms with Gasteiger partial charge in [0.2, 0.25) is 5.91 Å². The first-order valence-electron chi connectivity index (χ1n) is 10.9. The van der Waals surface area contributed by atoms with Crippen LogP contribution in [0, 0.1) is 0 Å². The largest absolute Gasteiger partial charge is 0.348 e. The van der Waals surface area contributed by atoms with Gasteiger partial charge < -0.3 is 14.7 Å².